The quantitative estimate of drug-likeness (QED) is 0.732. The van der Waals surface area contributed by atoms with E-state index in [1.807, 2.05) is 18.2 Å². The van der Waals surface area contributed by atoms with Crippen LogP contribution in [-0.4, -0.2) is 44.1 Å². The predicted molar refractivity (Wildman–Crippen MR) is 100.0 cm³/mol. The Labute approximate surface area is 158 Å². The van der Waals surface area contributed by atoms with E-state index < -0.39 is 12.1 Å². The van der Waals surface area contributed by atoms with Gasteiger partial charge in [-0.15, -0.1) is 0 Å². The number of amides is 1. The molecular weight excluding hydrogens is 346 g/mol. The molecule has 6 heteroatoms. The van der Waals surface area contributed by atoms with E-state index in [0.717, 1.165) is 12.8 Å². The third-order valence-electron chi connectivity index (χ3n) is 4.60. The van der Waals surface area contributed by atoms with Gasteiger partial charge in [0, 0.05) is 24.7 Å². The number of hydrogen-bond donors (Lipinski definition) is 0. The van der Waals surface area contributed by atoms with Crippen LogP contribution in [0.2, 0.25) is 0 Å². The molecule has 142 valence electrons. The van der Waals surface area contributed by atoms with Gasteiger partial charge in [-0.25, -0.2) is 4.79 Å². The number of carbonyl (C=O) groups excluding carboxylic acids is 2. The fourth-order valence-corrected chi connectivity index (χ4v) is 3.13. The number of hydrogen-bond acceptors (Lipinski definition) is 5. The summed E-state index contributed by atoms with van der Waals surface area (Å²) in [5.74, 6) is 0.0892. The number of carbonyl (C=O) groups is 2. The van der Waals surface area contributed by atoms with E-state index in [1.54, 1.807) is 35.2 Å². The predicted octanol–water partition coefficient (Wildman–Crippen LogP) is 3.22. The van der Waals surface area contributed by atoms with Gasteiger partial charge < -0.3 is 19.1 Å². The van der Waals surface area contributed by atoms with Crippen LogP contribution in [0.4, 0.5) is 0 Å². The standard InChI is InChI=1S/C21H23NO5/c1-25-16-10-11-17(18(14-16)26-2)21(24)27-19(15-8-4-3-5-9-15)20(23)22-12-6-7-13-22/h3-5,8-11,14,19H,6-7,12-13H2,1-2H3/t19-/m0/s1. The number of rotatable bonds is 6. The minimum atomic E-state index is -0.983. The highest BCUT2D eigenvalue weighted by molar-refractivity contribution is 5.95. The molecule has 1 amide bonds. The molecule has 1 saturated heterocycles. The largest absolute Gasteiger partial charge is 0.497 e. The van der Waals surface area contributed by atoms with Crippen molar-refractivity contribution in [3.63, 3.8) is 0 Å². The van der Waals surface area contributed by atoms with Crippen LogP contribution in [-0.2, 0) is 9.53 Å². The summed E-state index contributed by atoms with van der Waals surface area (Å²) in [6.07, 6.45) is 0.949. The summed E-state index contributed by atoms with van der Waals surface area (Å²) in [6.45, 7) is 1.37. The first kappa shape index (κ1) is 18.8. The molecule has 3 rings (SSSR count). The Balaban J connectivity index is 1.87. The SMILES string of the molecule is COc1ccc(C(=O)O[C@H](C(=O)N2CCCC2)c2ccccc2)c(OC)c1. The van der Waals surface area contributed by atoms with Crippen LogP contribution in [0.15, 0.2) is 48.5 Å². The van der Waals surface area contributed by atoms with Gasteiger partial charge in [-0.3, -0.25) is 4.79 Å². The molecule has 0 spiro atoms. The summed E-state index contributed by atoms with van der Waals surface area (Å²) in [7, 11) is 3.00. The maximum absolute atomic E-state index is 13.0. The summed E-state index contributed by atoms with van der Waals surface area (Å²) < 4.78 is 16.1. The van der Waals surface area contributed by atoms with Crippen molar-refractivity contribution < 1.29 is 23.8 Å². The monoisotopic (exact) mass is 369 g/mol. The van der Waals surface area contributed by atoms with Gasteiger partial charge in [-0.05, 0) is 25.0 Å². The van der Waals surface area contributed by atoms with Crippen LogP contribution >= 0.6 is 0 Å². The topological polar surface area (TPSA) is 65.1 Å². The number of esters is 1. The van der Waals surface area contributed by atoms with Gasteiger partial charge in [0.25, 0.3) is 5.91 Å². The first-order chi connectivity index (χ1) is 13.1. The van der Waals surface area contributed by atoms with E-state index in [-0.39, 0.29) is 11.5 Å². The Hall–Kier alpha value is -3.02. The van der Waals surface area contributed by atoms with E-state index in [2.05, 4.69) is 0 Å². The van der Waals surface area contributed by atoms with Crippen LogP contribution in [0.25, 0.3) is 0 Å². The first-order valence-electron chi connectivity index (χ1n) is 8.90. The van der Waals surface area contributed by atoms with Crippen LogP contribution in [0.1, 0.15) is 34.9 Å². The molecule has 0 bridgehead atoms. The van der Waals surface area contributed by atoms with E-state index in [4.69, 9.17) is 14.2 Å². The highest BCUT2D eigenvalue weighted by atomic mass is 16.6. The van der Waals surface area contributed by atoms with Gasteiger partial charge in [-0.2, -0.15) is 0 Å². The molecule has 6 nitrogen and oxygen atoms in total. The van der Waals surface area contributed by atoms with Gasteiger partial charge in [-0.1, -0.05) is 30.3 Å². The number of likely N-dealkylation sites (tertiary alicyclic amines) is 1. The molecule has 1 fully saturated rings. The lowest BCUT2D eigenvalue weighted by molar-refractivity contribution is -0.140. The zero-order valence-electron chi connectivity index (χ0n) is 15.5. The summed E-state index contributed by atoms with van der Waals surface area (Å²) in [5, 5.41) is 0. The normalized spacial score (nSPS) is 14.5. The number of benzene rings is 2. The summed E-state index contributed by atoms with van der Waals surface area (Å²) in [4.78, 5) is 27.5. The van der Waals surface area contributed by atoms with Crippen LogP contribution in [0.3, 0.4) is 0 Å². The second-order valence-electron chi connectivity index (χ2n) is 6.29. The van der Waals surface area contributed by atoms with E-state index >= 15 is 0 Å². The van der Waals surface area contributed by atoms with Crippen LogP contribution in [0, 0.1) is 0 Å². The highest BCUT2D eigenvalue weighted by Gasteiger charge is 2.32. The maximum atomic E-state index is 13.0. The maximum Gasteiger partial charge on any atom is 0.343 e. The molecule has 1 aliphatic rings. The molecule has 0 unspecified atom stereocenters. The second-order valence-corrected chi connectivity index (χ2v) is 6.29. The van der Waals surface area contributed by atoms with E-state index in [1.165, 1.54) is 14.2 Å². The zero-order valence-corrected chi connectivity index (χ0v) is 15.5. The average molecular weight is 369 g/mol. The fourth-order valence-electron chi connectivity index (χ4n) is 3.13. The van der Waals surface area contributed by atoms with Gasteiger partial charge in [0.15, 0.2) is 0 Å². The van der Waals surface area contributed by atoms with E-state index in [9.17, 15) is 9.59 Å². The summed E-state index contributed by atoms with van der Waals surface area (Å²) in [6, 6.07) is 13.9. The van der Waals surface area contributed by atoms with Crippen molar-refractivity contribution in [1.82, 2.24) is 4.90 Å². The number of ether oxygens (including phenoxy) is 3. The number of nitrogens with zero attached hydrogens (tertiary/aromatic N) is 1. The molecular formula is C21H23NO5. The van der Waals surface area contributed by atoms with Crippen LogP contribution < -0.4 is 9.47 Å². The molecule has 0 aliphatic carbocycles. The lowest BCUT2D eigenvalue weighted by Crippen LogP contribution is -2.34. The average Bonchev–Trinajstić information content (AvgIpc) is 3.26. The number of methoxy groups -OCH3 is 2. The summed E-state index contributed by atoms with van der Waals surface area (Å²) >= 11 is 0. The molecule has 0 N–H and O–H groups in total. The van der Waals surface area contributed by atoms with E-state index in [0.29, 0.717) is 30.2 Å². The molecule has 2 aromatic carbocycles. The van der Waals surface area contributed by atoms with Crippen LogP contribution in [0.5, 0.6) is 11.5 Å². The van der Waals surface area contributed by atoms with Crippen molar-refractivity contribution in [2.24, 2.45) is 0 Å². The second kappa shape index (κ2) is 8.58. The Kier molecular flexibility index (Phi) is 5.96. The molecule has 27 heavy (non-hydrogen) atoms. The molecule has 0 saturated carbocycles. The minimum absolute atomic E-state index is 0.195. The summed E-state index contributed by atoms with van der Waals surface area (Å²) in [5.41, 5.74) is 0.892. The molecule has 2 aromatic rings. The van der Waals surface area contributed by atoms with Gasteiger partial charge in [0.1, 0.15) is 17.1 Å². The van der Waals surface area contributed by atoms with Crippen molar-refractivity contribution in [2.75, 3.05) is 27.3 Å². The molecule has 0 radical (unpaired) electrons. The Morgan fingerprint density at radius 3 is 2.30 bits per heavy atom. The van der Waals surface area contributed by atoms with Gasteiger partial charge in [0.05, 0.1) is 14.2 Å². The zero-order chi connectivity index (χ0) is 19.2. The molecule has 1 aliphatic heterocycles. The third kappa shape index (κ3) is 4.22. The lowest BCUT2D eigenvalue weighted by atomic mass is 10.1. The Morgan fingerprint density at radius 1 is 0.963 bits per heavy atom. The Bertz CT molecular complexity index is 799. The minimum Gasteiger partial charge on any atom is -0.497 e. The smallest absolute Gasteiger partial charge is 0.343 e. The fraction of sp³-hybridized carbons (Fsp3) is 0.333. The Morgan fingerprint density at radius 2 is 1.67 bits per heavy atom. The molecule has 1 atom stereocenters. The van der Waals surface area contributed by atoms with Crippen molar-refractivity contribution in [3.8, 4) is 11.5 Å². The third-order valence-corrected chi connectivity index (χ3v) is 4.60. The first-order valence-corrected chi connectivity index (χ1v) is 8.90. The van der Waals surface area contributed by atoms with Crippen molar-refractivity contribution >= 4 is 11.9 Å². The van der Waals surface area contributed by atoms with Crippen molar-refractivity contribution in [3.05, 3.63) is 59.7 Å². The lowest BCUT2D eigenvalue weighted by Gasteiger charge is -2.24. The molecule has 1 heterocycles. The van der Waals surface area contributed by atoms with Gasteiger partial charge >= 0.3 is 5.97 Å². The highest BCUT2D eigenvalue weighted by Crippen LogP contribution is 2.29. The van der Waals surface area contributed by atoms with Crippen molar-refractivity contribution in [1.29, 1.82) is 0 Å². The van der Waals surface area contributed by atoms with Crippen molar-refractivity contribution in [2.45, 2.75) is 18.9 Å². The van der Waals surface area contributed by atoms with Gasteiger partial charge in [0.2, 0.25) is 6.10 Å². The molecule has 0 aromatic heterocycles.